The van der Waals surface area contributed by atoms with Crippen molar-refractivity contribution in [3.05, 3.63) is 17.5 Å². The molecular formula is C19H28N4O3. The largest absolute Gasteiger partial charge is 0.360 e. The molecule has 3 aliphatic rings. The Morgan fingerprint density at radius 2 is 2.15 bits per heavy atom. The molecule has 3 heterocycles. The van der Waals surface area contributed by atoms with Crippen molar-refractivity contribution in [1.29, 1.82) is 0 Å². The molecule has 1 spiro atoms. The Bertz CT molecular complexity index is 697. The predicted octanol–water partition coefficient (Wildman–Crippen LogP) is 1.57. The van der Waals surface area contributed by atoms with Crippen molar-refractivity contribution in [1.82, 2.24) is 19.9 Å². The van der Waals surface area contributed by atoms with Gasteiger partial charge < -0.3 is 19.2 Å². The third-order valence-corrected chi connectivity index (χ3v) is 6.01. The molecule has 0 bridgehead atoms. The minimum absolute atomic E-state index is 0.0979. The van der Waals surface area contributed by atoms with Gasteiger partial charge in [0.2, 0.25) is 5.91 Å². The Balaban J connectivity index is 1.43. The number of rotatable bonds is 5. The molecule has 2 amide bonds. The predicted molar refractivity (Wildman–Crippen MR) is 95.8 cm³/mol. The minimum atomic E-state index is -0.400. The number of piperidine rings is 1. The summed E-state index contributed by atoms with van der Waals surface area (Å²) in [5, 5.41) is 3.98. The number of nitrogens with zero attached hydrogens (tertiary/aromatic N) is 4. The molecule has 2 saturated heterocycles. The molecule has 7 heteroatoms. The maximum Gasteiger partial charge on any atom is 0.276 e. The summed E-state index contributed by atoms with van der Waals surface area (Å²) in [6.07, 6.45) is 4.82. The molecule has 142 valence electrons. The number of amides is 2. The van der Waals surface area contributed by atoms with Crippen molar-refractivity contribution < 1.29 is 14.1 Å². The number of likely N-dealkylation sites (N-methyl/N-ethyl adjacent to an activating group) is 1. The van der Waals surface area contributed by atoms with Crippen LogP contribution in [-0.2, 0) is 4.79 Å². The molecule has 7 nitrogen and oxygen atoms in total. The molecule has 4 rings (SSSR count). The lowest BCUT2D eigenvalue weighted by Gasteiger charge is -2.38. The molecule has 1 aromatic rings. The lowest BCUT2D eigenvalue weighted by atomic mass is 9.78. The van der Waals surface area contributed by atoms with Crippen LogP contribution in [0.1, 0.15) is 54.3 Å². The van der Waals surface area contributed by atoms with Gasteiger partial charge in [0.15, 0.2) is 5.69 Å². The molecule has 1 unspecified atom stereocenters. The van der Waals surface area contributed by atoms with Crippen molar-refractivity contribution >= 4 is 11.8 Å². The lowest BCUT2D eigenvalue weighted by molar-refractivity contribution is -0.138. The summed E-state index contributed by atoms with van der Waals surface area (Å²) in [5.41, 5.74) is -0.0117. The van der Waals surface area contributed by atoms with Crippen LogP contribution < -0.4 is 0 Å². The molecule has 26 heavy (non-hydrogen) atoms. The van der Waals surface area contributed by atoms with E-state index < -0.39 is 5.41 Å². The SMILES string of the molecule is CN(C)CCN1CCC2(CCCN(C(=O)c3cc(C4CC4)on3)C2)C1=O. The molecule has 1 aromatic heterocycles. The second-order valence-electron chi connectivity index (χ2n) is 8.34. The number of aromatic nitrogens is 1. The Labute approximate surface area is 154 Å². The van der Waals surface area contributed by atoms with Gasteiger partial charge >= 0.3 is 0 Å². The fourth-order valence-corrected chi connectivity index (χ4v) is 4.22. The van der Waals surface area contributed by atoms with Gasteiger partial charge in [-0.25, -0.2) is 0 Å². The van der Waals surface area contributed by atoms with Gasteiger partial charge in [0.05, 0.1) is 5.41 Å². The quantitative estimate of drug-likeness (QED) is 0.797. The van der Waals surface area contributed by atoms with E-state index in [2.05, 4.69) is 10.1 Å². The Kier molecular flexibility index (Phi) is 4.50. The van der Waals surface area contributed by atoms with E-state index >= 15 is 0 Å². The van der Waals surface area contributed by atoms with Crippen LogP contribution in [0.5, 0.6) is 0 Å². The molecule has 0 N–H and O–H groups in total. The van der Waals surface area contributed by atoms with Crippen molar-refractivity contribution in [2.75, 3.05) is 46.8 Å². The minimum Gasteiger partial charge on any atom is -0.360 e. The number of likely N-dealkylation sites (tertiary alicyclic amines) is 2. The van der Waals surface area contributed by atoms with E-state index in [1.54, 1.807) is 6.07 Å². The molecule has 1 aliphatic carbocycles. The fourth-order valence-electron chi connectivity index (χ4n) is 4.22. The normalized spacial score (nSPS) is 26.3. The molecule has 0 radical (unpaired) electrons. The first-order valence-corrected chi connectivity index (χ1v) is 9.68. The van der Waals surface area contributed by atoms with Gasteiger partial charge in [-0.2, -0.15) is 0 Å². The number of hydrogen-bond acceptors (Lipinski definition) is 5. The van der Waals surface area contributed by atoms with Crippen LogP contribution in [-0.4, -0.2) is 78.5 Å². The third kappa shape index (κ3) is 3.24. The molecule has 1 atom stereocenters. The van der Waals surface area contributed by atoms with E-state index in [0.29, 0.717) is 24.7 Å². The first kappa shape index (κ1) is 17.5. The second kappa shape index (κ2) is 6.68. The van der Waals surface area contributed by atoms with Gasteiger partial charge in [0.1, 0.15) is 5.76 Å². The first-order valence-electron chi connectivity index (χ1n) is 9.68. The van der Waals surface area contributed by atoms with Crippen molar-refractivity contribution in [3.63, 3.8) is 0 Å². The maximum atomic E-state index is 13.0. The van der Waals surface area contributed by atoms with Gasteiger partial charge in [-0.3, -0.25) is 9.59 Å². The summed E-state index contributed by atoms with van der Waals surface area (Å²) in [5.74, 6) is 1.39. The molecular weight excluding hydrogens is 332 g/mol. The number of hydrogen-bond donors (Lipinski definition) is 0. The van der Waals surface area contributed by atoms with Crippen molar-refractivity contribution in [3.8, 4) is 0 Å². The molecule has 0 aromatic carbocycles. The highest BCUT2D eigenvalue weighted by Crippen LogP contribution is 2.42. The molecule has 3 fully saturated rings. The highest BCUT2D eigenvalue weighted by atomic mass is 16.5. The number of carbonyl (C=O) groups excluding carboxylic acids is 2. The van der Waals surface area contributed by atoms with E-state index in [1.807, 2.05) is 23.9 Å². The van der Waals surface area contributed by atoms with Gasteiger partial charge in [-0.05, 0) is 46.2 Å². The zero-order valence-corrected chi connectivity index (χ0v) is 15.7. The molecule has 1 saturated carbocycles. The summed E-state index contributed by atoms with van der Waals surface area (Å²) in [6, 6.07) is 1.79. The number of carbonyl (C=O) groups is 2. The maximum absolute atomic E-state index is 13.0. The third-order valence-electron chi connectivity index (χ3n) is 6.01. The van der Waals surface area contributed by atoms with Crippen LogP contribution in [0.3, 0.4) is 0 Å². The summed E-state index contributed by atoms with van der Waals surface area (Å²) >= 11 is 0. The van der Waals surface area contributed by atoms with Crippen molar-refractivity contribution in [2.45, 2.75) is 38.0 Å². The van der Waals surface area contributed by atoms with Crippen LogP contribution in [0.15, 0.2) is 10.6 Å². The summed E-state index contributed by atoms with van der Waals surface area (Å²) < 4.78 is 5.33. The van der Waals surface area contributed by atoms with Crippen LogP contribution in [0.25, 0.3) is 0 Å². The van der Waals surface area contributed by atoms with Crippen LogP contribution in [0, 0.1) is 5.41 Å². The second-order valence-corrected chi connectivity index (χ2v) is 8.34. The van der Waals surface area contributed by atoms with Crippen LogP contribution >= 0.6 is 0 Å². The molecule has 2 aliphatic heterocycles. The standard InChI is InChI=1S/C19H28N4O3/c1-21(2)10-11-22-9-7-19(18(22)25)6-3-8-23(13-19)17(24)15-12-16(26-20-15)14-4-5-14/h12,14H,3-11,13H2,1-2H3. The average molecular weight is 360 g/mol. The van der Waals surface area contributed by atoms with E-state index in [4.69, 9.17) is 4.52 Å². The van der Waals surface area contributed by atoms with E-state index in [1.165, 1.54) is 0 Å². The average Bonchev–Trinajstić information content (AvgIpc) is 3.30. The lowest BCUT2D eigenvalue weighted by Crippen LogP contribution is -2.50. The Morgan fingerprint density at radius 1 is 1.35 bits per heavy atom. The summed E-state index contributed by atoms with van der Waals surface area (Å²) in [6.45, 7) is 3.62. The zero-order chi connectivity index (χ0) is 18.3. The summed E-state index contributed by atoms with van der Waals surface area (Å²) in [4.78, 5) is 31.8. The fraction of sp³-hybridized carbons (Fsp3) is 0.737. The van der Waals surface area contributed by atoms with Crippen LogP contribution in [0.2, 0.25) is 0 Å². The van der Waals surface area contributed by atoms with Gasteiger partial charge in [0.25, 0.3) is 5.91 Å². The Hall–Kier alpha value is -1.89. The van der Waals surface area contributed by atoms with E-state index in [9.17, 15) is 9.59 Å². The van der Waals surface area contributed by atoms with Gasteiger partial charge in [-0.15, -0.1) is 0 Å². The van der Waals surface area contributed by atoms with Crippen molar-refractivity contribution in [2.24, 2.45) is 5.41 Å². The summed E-state index contributed by atoms with van der Waals surface area (Å²) in [7, 11) is 4.04. The highest BCUT2D eigenvalue weighted by Gasteiger charge is 2.49. The van der Waals surface area contributed by atoms with Gasteiger partial charge in [-0.1, -0.05) is 5.16 Å². The Morgan fingerprint density at radius 3 is 2.88 bits per heavy atom. The van der Waals surface area contributed by atoms with Crippen LogP contribution in [0.4, 0.5) is 0 Å². The monoisotopic (exact) mass is 360 g/mol. The van der Waals surface area contributed by atoms with E-state index in [-0.39, 0.29) is 11.8 Å². The highest BCUT2D eigenvalue weighted by molar-refractivity contribution is 5.93. The topological polar surface area (TPSA) is 69.9 Å². The van der Waals surface area contributed by atoms with E-state index in [0.717, 1.165) is 57.5 Å². The van der Waals surface area contributed by atoms with Gasteiger partial charge in [0, 0.05) is 44.7 Å². The zero-order valence-electron chi connectivity index (χ0n) is 15.7. The first-order chi connectivity index (χ1) is 12.5. The smallest absolute Gasteiger partial charge is 0.276 e.